The molecule has 3 rings (SSSR count). The van der Waals surface area contributed by atoms with E-state index >= 15 is 0 Å². The molecule has 7 nitrogen and oxygen atoms in total. The van der Waals surface area contributed by atoms with Gasteiger partial charge in [0.2, 0.25) is 11.0 Å². The van der Waals surface area contributed by atoms with Gasteiger partial charge in [0.25, 0.3) is 0 Å². The number of aromatic amines is 1. The molecule has 116 valence electrons. The highest BCUT2D eigenvalue weighted by molar-refractivity contribution is 7.91. The fourth-order valence-electron chi connectivity index (χ4n) is 2.42. The Hall–Kier alpha value is -2.00. The van der Waals surface area contributed by atoms with E-state index in [1.807, 2.05) is 18.2 Å². The van der Waals surface area contributed by atoms with Crippen LogP contribution in [0.3, 0.4) is 0 Å². The average Bonchev–Trinajstić information content (AvgIpc) is 2.95. The van der Waals surface area contributed by atoms with Crippen molar-refractivity contribution < 1.29 is 13.5 Å². The molecule has 1 aliphatic heterocycles. The summed E-state index contributed by atoms with van der Waals surface area (Å²) in [6, 6.07) is 7.06. The number of benzene rings is 1. The Labute approximate surface area is 132 Å². The highest BCUT2D eigenvalue weighted by Gasteiger charge is 2.28. The Morgan fingerprint density at radius 3 is 2.91 bits per heavy atom. The lowest BCUT2D eigenvalue weighted by Gasteiger charge is -2.08. The Morgan fingerprint density at radius 2 is 2.18 bits per heavy atom. The summed E-state index contributed by atoms with van der Waals surface area (Å²) in [6.07, 6.45) is 0.510. The fraction of sp³-hybridized carbons (Fsp3) is 0.308. The normalized spacial score (nSPS) is 20.6. The Bertz CT molecular complexity index is 857. The largest absolute Gasteiger partial charge is 0.493 e. The molecule has 2 heterocycles. The van der Waals surface area contributed by atoms with E-state index < -0.39 is 9.84 Å². The van der Waals surface area contributed by atoms with Crippen molar-refractivity contribution in [3.8, 4) is 5.88 Å². The molecular weight excluding hydrogens is 324 g/mol. The number of azo groups is 1. The molecule has 1 saturated heterocycles. The molecule has 0 spiro atoms. The third-order valence-electron chi connectivity index (χ3n) is 3.46. The number of sulfone groups is 1. The number of thiocarbonyl (C=S) groups is 1. The highest BCUT2D eigenvalue weighted by Crippen LogP contribution is 2.35. The van der Waals surface area contributed by atoms with Crippen molar-refractivity contribution >= 4 is 43.8 Å². The second-order valence-corrected chi connectivity index (χ2v) is 7.73. The first-order valence-corrected chi connectivity index (χ1v) is 8.90. The number of fused-ring (bicyclic) bond motifs is 1. The lowest BCUT2D eigenvalue weighted by molar-refractivity contribution is 0.459. The van der Waals surface area contributed by atoms with Gasteiger partial charge in [0, 0.05) is 11.4 Å². The molecule has 1 fully saturated rings. The second-order valence-electron chi connectivity index (χ2n) is 5.12. The molecule has 1 aromatic heterocycles. The zero-order chi connectivity index (χ0) is 15.7. The van der Waals surface area contributed by atoms with Crippen LogP contribution >= 0.6 is 12.2 Å². The van der Waals surface area contributed by atoms with Crippen molar-refractivity contribution in [2.45, 2.75) is 12.5 Å². The molecule has 0 bridgehead atoms. The minimum atomic E-state index is -2.97. The number of nitrogens with one attached hydrogen (secondary N) is 2. The summed E-state index contributed by atoms with van der Waals surface area (Å²) >= 11 is 5.05. The van der Waals surface area contributed by atoms with Crippen LogP contribution in [0.4, 0.5) is 5.69 Å². The van der Waals surface area contributed by atoms with Crippen molar-refractivity contribution in [3.63, 3.8) is 0 Å². The first-order chi connectivity index (χ1) is 10.4. The Kier molecular flexibility index (Phi) is 3.83. The van der Waals surface area contributed by atoms with Crippen LogP contribution in [0.5, 0.6) is 5.88 Å². The summed E-state index contributed by atoms with van der Waals surface area (Å²) in [7, 11) is -2.97. The van der Waals surface area contributed by atoms with Crippen LogP contribution in [0, 0.1) is 0 Å². The monoisotopic (exact) mass is 338 g/mol. The average molecular weight is 338 g/mol. The molecule has 22 heavy (non-hydrogen) atoms. The third-order valence-corrected chi connectivity index (χ3v) is 5.43. The van der Waals surface area contributed by atoms with Crippen molar-refractivity contribution in [2.24, 2.45) is 10.2 Å². The minimum absolute atomic E-state index is 0.0565. The lowest BCUT2D eigenvalue weighted by atomic mass is 10.2. The van der Waals surface area contributed by atoms with Crippen LogP contribution in [0.25, 0.3) is 10.9 Å². The molecule has 0 aliphatic carbocycles. The van der Waals surface area contributed by atoms with Crippen LogP contribution < -0.4 is 5.32 Å². The SMILES string of the molecule is O=S1(=O)CC[C@H](NC(=S)N=Nc2c(O)[nH]c3ccccc23)C1. The Morgan fingerprint density at radius 1 is 1.41 bits per heavy atom. The number of hydrogen-bond acceptors (Lipinski definition) is 5. The van der Waals surface area contributed by atoms with Gasteiger partial charge in [0.05, 0.1) is 17.0 Å². The van der Waals surface area contributed by atoms with E-state index in [9.17, 15) is 13.5 Å². The number of aromatic hydroxyl groups is 1. The molecule has 2 aromatic rings. The first-order valence-electron chi connectivity index (χ1n) is 6.67. The van der Waals surface area contributed by atoms with E-state index in [4.69, 9.17) is 12.2 Å². The van der Waals surface area contributed by atoms with E-state index in [1.54, 1.807) is 6.07 Å². The molecule has 1 aliphatic rings. The summed E-state index contributed by atoms with van der Waals surface area (Å²) in [5.41, 5.74) is 1.05. The van der Waals surface area contributed by atoms with Gasteiger partial charge in [-0.15, -0.1) is 10.2 Å². The Balaban J connectivity index is 1.73. The fourth-order valence-corrected chi connectivity index (χ4v) is 4.30. The molecule has 3 N–H and O–H groups in total. The molecule has 9 heteroatoms. The van der Waals surface area contributed by atoms with Gasteiger partial charge in [0.15, 0.2) is 15.5 Å². The van der Waals surface area contributed by atoms with Crippen molar-refractivity contribution in [2.75, 3.05) is 11.5 Å². The van der Waals surface area contributed by atoms with E-state index in [0.29, 0.717) is 12.1 Å². The van der Waals surface area contributed by atoms with Crippen molar-refractivity contribution in [1.29, 1.82) is 0 Å². The highest BCUT2D eigenvalue weighted by atomic mass is 32.2. The number of H-pyrrole nitrogens is 1. The van der Waals surface area contributed by atoms with Gasteiger partial charge < -0.3 is 15.4 Å². The smallest absolute Gasteiger partial charge is 0.218 e. The van der Waals surface area contributed by atoms with Crippen LogP contribution in [0.1, 0.15) is 6.42 Å². The van der Waals surface area contributed by atoms with Gasteiger partial charge in [-0.05, 0) is 24.7 Å². The predicted octanol–water partition coefficient (Wildman–Crippen LogP) is 2.02. The maximum Gasteiger partial charge on any atom is 0.218 e. The summed E-state index contributed by atoms with van der Waals surface area (Å²) in [5.74, 6) is 0.130. The molecule has 0 radical (unpaired) electrons. The van der Waals surface area contributed by atoms with Crippen LogP contribution in [-0.2, 0) is 9.84 Å². The topological polar surface area (TPSA) is 107 Å². The van der Waals surface area contributed by atoms with Crippen LogP contribution in [-0.4, -0.2) is 41.2 Å². The minimum Gasteiger partial charge on any atom is -0.493 e. The second kappa shape index (κ2) is 5.65. The van der Waals surface area contributed by atoms with Crippen molar-refractivity contribution in [3.05, 3.63) is 24.3 Å². The number of rotatable bonds is 2. The standard InChI is InChI=1S/C13H14N4O3S2/c18-12-11(9-3-1-2-4-10(9)15-12)16-17-13(21)14-8-5-6-22(19,20)7-8/h1-4,8,15,18H,5-7H2,(H,14,21)/t8-/m0/s1. The van der Waals surface area contributed by atoms with E-state index in [1.165, 1.54) is 0 Å². The summed E-state index contributed by atoms with van der Waals surface area (Å²) < 4.78 is 22.8. The van der Waals surface area contributed by atoms with Crippen LogP contribution in [0.15, 0.2) is 34.5 Å². The predicted molar refractivity (Wildman–Crippen MR) is 87.3 cm³/mol. The summed E-state index contributed by atoms with van der Waals surface area (Å²) in [4.78, 5) is 2.79. The third kappa shape index (κ3) is 3.09. The van der Waals surface area contributed by atoms with Gasteiger partial charge >= 0.3 is 0 Å². The van der Waals surface area contributed by atoms with Gasteiger partial charge in [0.1, 0.15) is 0 Å². The quantitative estimate of drug-likeness (QED) is 0.574. The summed E-state index contributed by atoms with van der Waals surface area (Å²) in [5, 5.41) is 21.4. The molecule has 1 aromatic carbocycles. The van der Waals surface area contributed by atoms with E-state index in [2.05, 4.69) is 20.5 Å². The van der Waals surface area contributed by atoms with Gasteiger partial charge in [-0.1, -0.05) is 18.2 Å². The number of para-hydroxylation sites is 1. The van der Waals surface area contributed by atoms with Gasteiger partial charge in [-0.3, -0.25) is 0 Å². The number of nitrogens with zero attached hydrogens (tertiary/aromatic N) is 2. The molecule has 0 saturated carbocycles. The zero-order valence-corrected chi connectivity index (χ0v) is 13.1. The molecular formula is C13H14N4O3S2. The molecule has 0 unspecified atom stereocenters. The molecule has 1 atom stereocenters. The van der Waals surface area contributed by atoms with E-state index in [-0.39, 0.29) is 28.5 Å². The van der Waals surface area contributed by atoms with Crippen molar-refractivity contribution in [1.82, 2.24) is 10.3 Å². The number of aromatic nitrogens is 1. The zero-order valence-electron chi connectivity index (χ0n) is 11.5. The van der Waals surface area contributed by atoms with E-state index in [0.717, 1.165) is 10.9 Å². The van der Waals surface area contributed by atoms with Crippen LogP contribution in [0.2, 0.25) is 0 Å². The molecule has 0 amide bonds. The maximum absolute atomic E-state index is 11.4. The van der Waals surface area contributed by atoms with Gasteiger partial charge in [-0.25, -0.2) is 8.42 Å². The maximum atomic E-state index is 11.4. The van der Waals surface area contributed by atoms with Gasteiger partial charge in [-0.2, -0.15) is 0 Å². The number of hydrogen-bond donors (Lipinski definition) is 3. The summed E-state index contributed by atoms with van der Waals surface area (Å²) in [6.45, 7) is 0. The first kappa shape index (κ1) is 14.9. The lowest BCUT2D eigenvalue weighted by Crippen LogP contribution is -2.33.